The van der Waals surface area contributed by atoms with Gasteiger partial charge < -0.3 is 10.8 Å². The van der Waals surface area contributed by atoms with E-state index in [-0.39, 0.29) is 13.1 Å². The summed E-state index contributed by atoms with van der Waals surface area (Å²) in [7, 11) is 0. The van der Waals surface area contributed by atoms with Crippen LogP contribution in [0.1, 0.15) is 16.2 Å². The average Bonchev–Trinajstić information content (AvgIpc) is 2.47. The second kappa shape index (κ2) is 3.85. The van der Waals surface area contributed by atoms with Gasteiger partial charge >= 0.3 is 12.1 Å². The van der Waals surface area contributed by atoms with Crippen molar-refractivity contribution in [1.82, 2.24) is 15.0 Å². The topological polar surface area (TPSA) is 94.0 Å². The SMILES string of the molecule is NCCn1nnc(C(=O)O)c1C(F)(F)F. The number of hydrogen-bond donors (Lipinski definition) is 2. The molecule has 0 atom stereocenters. The number of nitrogens with zero attached hydrogens (tertiary/aromatic N) is 3. The fourth-order valence-electron chi connectivity index (χ4n) is 1.02. The van der Waals surface area contributed by atoms with E-state index >= 15 is 0 Å². The molecule has 0 fully saturated rings. The Morgan fingerprint density at radius 2 is 2.13 bits per heavy atom. The maximum Gasteiger partial charge on any atom is 0.435 e. The standard InChI is InChI=1S/C6H7F3N4O2/c7-6(8,9)4-3(5(14)15)11-12-13(4)2-1-10/h1-2,10H2,(H,14,15). The van der Waals surface area contributed by atoms with Gasteiger partial charge in [0.1, 0.15) is 0 Å². The summed E-state index contributed by atoms with van der Waals surface area (Å²) in [4.78, 5) is 10.4. The number of nitrogens with two attached hydrogens (primary N) is 1. The highest BCUT2D eigenvalue weighted by Crippen LogP contribution is 2.30. The number of carboxylic acid groups (broad SMARTS) is 1. The molecular formula is C6H7F3N4O2. The molecule has 84 valence electrons. The third-order valence-electron chi connectivity index (χ3n) is 1.55. The lowest BCUT2D eigenvalue weighted by Crippen LogP contribution is -2.21. The van der Waals surface area contributed by atoms with Gasteiger partial charge in [-0.25, -0.2) is 9.48 Å². The Balaban J connectivity index is 3.27. The molecule has 15 heavy (non-hydrogen) atoms. The monoisotopic (exact) mass is 224 g/mol. The molecule has 0 bridgehead atoms. The molecule has 0 aromatic carbocycles. The number of rotatable bonds is 3. The molecule has 0 radical (unpaired) electrons. The lowest BCUT2D eigenvalue weighted by molar-refractivity contribution is -0.144. The summed E-state index contributed by atoms with van der Waals surface area (Å²) in [6.45, 7) is -0.333. The minimum atomic E-state index is -4.81. The van der Waals surface area contributed by atoms with Crippen molar-refractivity contribution in [2.45, 2.75) is 12.7 Å². The number of carbonyl (C=O) groups is 1. The van der Waals surface area contributed by atoms with Crippen LogP contribution in [0, 0.1) is 0 Å². The maximum absolute atomic E-state index is 12.4. The normalized spacial score (nSPS) is 11.7. The summed E-state index contributed by atoms with van der Waals surface area (Å²) < 4.78 is 37.7. The third-order valence-corrected chi connectivity index (χ3v) is 1.55. The Bertz CT molecular complexity index is 373. The van der Waals surface area contributed by atoms with Gasteiger partial charge in [-0.15, -0.1) is 5.10 Å². The van der Waals surface area contributed by atoms with E-state index in [9.17, 15) is 18.0 Å². The number of aromatic nitrogens is 3. The van der Waals surface area contributed by atoms with Gasteiger partial charge in [-0.05, 0) is 0 Å². The molecule has 1 rings (SSSR count). The third kappa shape index (κ3) is 2.24. The van der Waals surface area contributed by atoms with Crippen LogP contribution in [0.2, 0.25) is 0 Å². The van der Waals surface area contributed by atoms with Crippen molar-refractivity contribution in [2.75, 3.05) is 6.54 Å². The highest BCUT2D eigenvalue weighted by Gasteiger charge is 2.41. The van der Waals surface area contributed by atoms with E-state index in [4.69, 9.17) is 10.8 Å². The predicted octanol–water partition coefficient (Wildman–Crippen LogP) is -0.0462. The second-order valence-electron chi connectivity index (χ2n) is 2.60. The van der Waals surface area contributed by atoms with Crippen LogP contribution >= 0.6 is 0 Å². The first-order valence-electron chi connectivity index (χ1n) is 3.82. The fraction of sp³-hybridized carbons (Fsp3) is 0.500. The first-order valence-corrected chi connectivity index (χ1v) is 3.82. The molecule has 0 aliphatic carbocycles. The van der Waals surface area contributed by atoms with Crippen LogP contribution in [-0.4, -0.2) is 32.6 Å². The van der Waals surface area contributed by atoms with Gasteiger partial charge in [0.25, 0.3) is 0 Å². The second-order valence-corrected chi connectivity index (χ2v) is 2.60. The van der Waals surface area contributed by atoms with E-state index in [1.807, 2.05) is 0 Å². The lowest BCUT2D eigenvalue weighted by Gasteiger charge is -2.08. The zero-order chi connectivity index (χ0) is 11.6. The van der Waals surface area contributed by atoms with Crippen molar-refractivity contribution < 1.29 is 23.1 Å². The molecule has 0 saturated heterocycles. The Morgan fingerprint density at radius 1 is 1.53 bits per heavy atom. The van der Waals surface area contributed by atoms with E-state index in [2.05, 4.69) is 10.3 Å². The minimum Gasteiger partial charge on any atom is -0.476 e. The minimum absolute atomic E-state index is 0.0918. The van der Waals surface area contributed by atoms with Gasteiger partial charge in [-0.3, -0.25) is 0 Å². The van der Waals surface area contributed by atoms with E-state index < -0.39 is 23.5 Å². The Labute approximate surface area is 81.5 Å². The van der Waals surface area contributed by atoms with Gasteiger partial charge in [0.05, 0.1) is 6.54 Å². The molecule has 6 nitrogen and oxygen atoms in total. The number of aromatic carboxylic acids is 1. The Morgan fingerprint density at radius 3 is 2.53 bits per heavy atom. The van der Waals surface area contributed by atoms with Crippen LogP contribution in [0.25, 0.3) is 0 Å². The van der Waals surface area contributed by atoms with Crippen molar-refractivity contribution in [1.29, 1.82) is 0 Å². The number of carboxylic acids is 1. The summed E-state index contributed by atoms with van der Waals surface area (Å²) in [5.41, 5.74) is 2.55. The largest absolute Gasteiger partial charge is 0.476 e. The molecule has 0 aliphatic rings. The van der Waals surface area contributed by atoms with Crippen LogP contribution in [-0.2, 0) is 12.7 Å². The zero-order valence-electron chi connectivity index (χ0n) is 7.32. The van der Waals surface area contributed by atoms with Crippen molar-refractivity contribution in [3.05, 3.63) is 11.4 Å². The van der Waals surface area contributed by atoms with Crippen LogP contribution in [0.4, 0.5) is 13.2 Å². The molecule has 1 aromatic rings. The highest BCUT2D eigenvalue weighted by atomic mass is 19.4. The molecule has 9 heteroatoms. The quantitative estimate of drug-likeness (QED) is 0.750. The predicted molar refractivity (Wildman–Crippen MR) is 41.0 cm³/mol. The first-order chi connectivity index (χ1) is 6.88. The van der Waals surface area contributed by atoms with E-state index in [1.165, 1.54) is 0 Å². The molecule has 0 unspecified atom stereocenters. The number of alkyl halides is 3. The van der Waals surface area contributed by atoms with Crippen LogP contribution in [0.15, 0.2) is 0 Å². The summed E-state index contributed by atoms with van der Waals surface area (Å²) in [5, 5.41) is 14.5. The van der Waals surface area contributed by atoms with Crippen molar-refractivity contribution in [2.24, 2.45) is 5.73 Å². The van der Waals surface area contributed by atoms with Gasteiger partial charge in [0.15, 0.2) is 5.69 Å². The molecular weight excluding hydrogens is 217 g/mol. The average molecular weight is 224 g/mol. The highest BCUT2D eigenvalue weighted by molar-refractivity contribution is 5.86. The summed E-state index contributed by atoms with van der Waals surface area (Å²) in [6, 6.07) is 0. The molecule has 0 spiro atoms. The van der Waals surface area contributed by atoms with Gasteiger partial charge in [0.2, 0.25) is 5.69 Å². The Hall–Kier alpha value is -1.64. The van der Waals surface area contributed by atoms with Crippen molar-refractivity contribution in [3.8, 4) is 0 Å². The van der Waals surface area contributed by atoms with E-state index in [0.717, 1.165) is 0 Å². The molecule has 1 aromatic heterocycles. The van der Waals surface area contributed by atoms with Gasteiger partial charge in [-0.2, -0.15) is 13.2 Å². The summed E-state index contributed by atoms with van der Waals surface area (Å²) >= 11 is 0. The fourth-order valence-corrected chi connectivity index (χ4v) is 1.02. The van der Waals surface area contributed by atoms with Gasteiger partial charge in [-0.1, -0.05) is 5.21 Å². The maximum atomic E-state index is 12.4. The molecule has 0 amide bonds. The van der Waals surface area contributed by atoms with E-state index in [1.54, 1.807) is 0 Å². The molecule has 0 saturated carbocycles. The van der Waals surface area contributed by atoms with Crippen molar-refractivity contribution in [3.63, 3.8) is 0 Å². The first kappa shape index (κ1) is 11.4. The molecule has 1 heterocycles. The van der Waals surface area contributed by atoms with Crippen LogP contribution < -0.4 is 5.73 Å². The number of halogens is 3. The van der Waals surface area contributed by atoms with E-state index in [0.29, 0.717) is 4.68 Å². The van der Waals surface area contributed by atoms with Crippen molar-refractivity contribution >= 4 is 5.97 Å². The smallest absolute Gasteiger partial charge is 0.435 e. The zero-order valence-corrected chi connectivity index (χ0v) is 7.32. The van der Waals surface area contributed by atoms with Gasteiger partial charge in [0, 0.05) is 6.54 Å². The molecule has 0 aliphatic heterocycles. The number of hydrogen-bond acceptors (Lipinski definition) is 4. The van der Waals surface area contributed by atoms with Crippen LogP contribution in [0.3, 0.4) is 0 Å². The Kier molecular flexibility index (Phi) is 2.93. The lowest BCUT2D eigenvalue weighted by atomic mass is 10.3. The summed E-state index contributed by atoms with van der Waals surface area (Å²) in [5.74, 6) is -1.77. The summed E-state index contributed by atoms with van der Waals surface area (Å²) in [6.07, 6.45) is -4.81. The van der Waals surface area contributed by atoms with Crippen LogP contribution in [0.5, 0.6) is 0 Å². The molecule has 3 N–H and O–H groups in total.